The summed E-state index contributed by atoms with van der Waals surface area (Å²) in [7, 11) is 0. The third-order valence-electron chi connectivity index (χ3n) is 2.38. The smallest absolute Gasteiger partial charge is 0.252 e. The third kappa shape index (κ3) is 5.85. The highest BCUT2D eigenvalue weighted by Crippen LogP contribution is 2.11. The molecule has 6 nitrogen and oxygen atoms in total. The summed E-state index contributed by atoms with van der Waals surface area (Å²) in [6, 6.07) is 1.39. The van der Waals surface area contributed by atoms with Crippen LogP contribution in [0.2, 0.25) is 0 Å². The van der Waals surface area contributed by atoms with Crippen molar-refractivity contribution < 1.29 is 0 Å². The van der Waals surface area contributed by atoms with Crippen LogP contribution in [0.5, 0.6) is 0 Å². The predicted octanol–water partition coefficient (Wildman–Crippen LogP) is 1.99. The Balaban J connectivity index is 0.00000180. The molecule has 0 saturated carbocycles. The Kier molecular flexibility index (Phi) is 9.11. The zero-order valence-electron chi connectivity index (χ0n) is 10.9. The second-order valence-corrected chi connectivity index (χ2v) is 4.84. The number of aromatic amines is 2. The van der Waals surface area contributed by atoms with Crippen molar-refractivity contribution in [1.82, 2.24) is 19.9 Å². The van der Waals surface area contributed by atoms with Crippen molar-refractivity contribution >= 4 is 42.5 Å². The summed E-state index contributed by atoms with van der Waals surface area (Å²) in [5.41, 5.74) is 2.06. The van der Waals surface area contributed by atoms with Crippen molar-refractivity contribution in [3.63, 3.8) is 0 Å². The van der Waals surface area contributed by atoms with Gasteiger partial charge >= 0.3 is 0 Å². The lowest BCUT2D eigenvalue weighted by molar-refractivity contribution is 1.06. The summed E-state index contributed by atoms with van der Waals surface area (Å²) in [6.45, 7) is 2.76. The first-order valence-corrected chi connectivity index (χ1v) is 6.77. The molecule has 112 valence electrons. The van der Waals surface area contributed by atoms with Crippen LogP contribution in [0.25, 0.3) is 0 Å². The number of rotatable bonds is 6. The van der Waals surface area contributed by atoms with Gasteiger partial charge in [-0.3, -0.25) is 9.78 Å². The van der Waals surface area contributed by atoms with E-state index in [0.717, 1.165) is 29.4 Å². The highest BCUT2D eigenvalue weighted by molar-refractivity contribution is 7.98. The molecule has 0 bridgehead atoms. The lowest BCUT2D eigenvalue weighted by Gasteiger charge is -2.04. The number of aromatic nitrogens is 4. The maximum Gasteiger partial charge on any atom is 0.252 e. The van der Waals surface area contributed by atoms with Gasteiger partial charge in [-0.1, -0.05) is 0 Å². The van der Waals surface area contributed by atoms with Gasteiger partial charge in [0.1, 0.15) is 0 Å². The van der Waals surface area contributed by atoms with Crippen LogP contribution in [-0.4, -0.2) is 32.2 Å². The summed E-state index contributed by atoms with van der Waals surface area (Å²) >= 11 is 1.78. The molecule has 0 amide bonds. The minimum Gasteiger partial charge on any atom is -0.355 e. The average Bonchev–Trinajstić information content (AvgIpc) is 2.75. The first-order chi connectivity index (χ1) is 8.75. The van der Waals surface area contributed by atoms with Gasteiger partial charge < -0.3 is 10.3 Å². The number of nitrogens with zero attached hydrogens (tertiary/aromatic N) is 2. The zero-order valence-corrected chi connectivity index (χ0v) is 13.3. The fourth-order valence-corrected chi connectivity index (χ4v) is 2.28. The molecule has 9 heteroatoms. The predicted molar refractivity (Wildman–Crippen MR) is 87.3 cm³/mol. The largest absolute Gasteiger partial charge is 0.355 e. The van der Waals surface area contributed by atoms with Gasteiger partial charge in [0, 0.05) is 36.0 Å². The van der Waals surface area contributed by atoms with Crippen LogP contribution in [0.4, 0.5) is 5.95 Å². The van der Waals surface area contributed by atoms with Crippen LogP contribution in [0, 0.1) is 6.92 Å². The van der Waals surface area contributed by atoms with Crippen molar-refractivity contribution in [3.8, 4) is 0 Å². The number of hydrogen-bond acceptors (Lipinski definition) is 5. The molecule has 0 spiro atoms. The summed E-state index contributed by atoms with van der Waals surface area (Å²) in [5, 5.41) is 3.06. The molecule has 2 aromatic heterocycles. The lowest BCUT2D eigenvalue weighted by Crippen LogP contribution is -2.13. The lowest BCUT2D eigenvalue weighted by atomic mass is 10.4. The van der Waals surface area contributed by atoms with Crippen LogP contribution in [-0.2, 0) is 5.75 Å². The number of imidazole rings is 1. The van der Waals surface area contributed by atoms with E-state index in [1.807, 2.05) is 6.92 Å². The molecule has 0 radical (unpaired) electrons. The highest BCUT2D eigenvalue weighted by atomic mass is 35.5. The molecule has 2 rings (SSSR count). The van der Waals surface area contributed by atoms with Crippen LogP contribution in [0.15, 0.2) is 23.4 Å². The van der Waals surface area contributed by atoms with Crippen molar-refractivity contribution in [2.75, 3.05) is 17.6 Å². The summed E-state index contributed by atoms with van der Waals surface area (Å²) in [5.74, 6) is 2.32. The summed E-state index contributed by atoms with van der Waals surface area (Å²) in [6.07, 6.45) is 3.20. The molecule has 0 fully saturated rings. The molecule has 0 unspecified atom stereocenters. The summed E-state index contributed by atoms with van der Waals surface area (Å²) in [4.78, 5) is 24.9. The van der Waals surface area contributed by atoms with E-state index in [4.69, 9.17) is 0 Å². The SMILES string of the molecule is Cc1[nH]cnc1CSCCNc1nccc(=O)[nH]1.Cl.Cl. The monoisotopic (exact) mass is 337 g/mol. The van der Waals surface area contributed by atoms with Crippen molar-refractivity contribution in [3.05, 3.63) is 40.3 Å². The van der Waals surface area contributed by atoms with E-state index >= 15 is 0 Å². The average molecular weight is 338 g/mol. The number of nitrogens with one attached hydrogen (secondary N) is 3. The fourth-order valence-electron chi connectivity index (χ4n) is 1.40. The number of H-pyrrole nitrogens is 2. The van der Waals surface area contributed by atoms with Crippen LogP contribution in [0.3, 0.4) is 0 Å². The van der Waals surface area contributed by atoms with E-state index in [2.05, 4.69) is 25.3 Å². The number of anilines is 1. The Morgan fingerprint density at radius 2 is 2.15 bits per heavy atom. The van der Waals surface area contributed by atoms with Crippen molar-refractivity contribution in [2.24, 2.45) is 0 Å². The molecule has 3 N–H and O–H groups in total. The molecule has 0 aromatic carbocycles. The first-order valence-electron chi connectivity index (χ1n) is 5.61. The van der Waals surface area contributed by atoms with E-state index in [1.54, 1.807) is 18.1 Å². The Hall–Kier alpha value is -1.18. The Labute approximate surface area is 133 Å². The number of hydrogen-bond donors (Lipinski definition) is 3. The van der Waals surface area contributed by atoms with E-state index in [9.17, 15) is 4.79 Å². The van der Waals surface area contributed by atoms with Gasteiger partial charge in [0.15, 0.2) is 0 Å². The number of thioether (sulfide) groups is 1. The molecule has 0 aliphatic heterocycles. The molecule has 2 heterocycles. The Morgan fingerprint density at radius 3 is 2.80 bits per heavy atom. The fraction of sp³-hybridized carbons (Fsp3) is 0.364. The molecule has 0 aliphatic carbocycles. The zero-order chi connectivity index (χ0) is 12.8. The quantitative estimate of drug-likeness (QED) is 0.701. The molecular weight excluding hydrogens is 321 g/mol. The topological polar surface area (TPSA) is 86.5 Å². The standard InChI is InChI=1S/C11H15N5OS.2ClH/c1-8-9(15-7-14-8)6-18-5-4-13-11-12-3-2-10(17)16-11;;/h2-3,7H,4-6H2,1H3,(H,14,15)(H2,12,13,16,17);2*1H. The Bertz CT molecular complexity index is 559. The minimum atomic E-state index is -0.146. The second-order valence-electron chi connectivity index (χ2n) is 3.74. The van der Waals surface area contributed by atoms with Crippen molar-refractivity contribution in [1.29, 1.82) is 0 Å². The van der Waals surface area contributed by atoms with Crippen molar-refractivity contribution in [2.45, 2.75) is 12.7 Å². The maximum atomic E-state index is 11.0. The van der Waals surface area contributed by atoms with Gasteiger partial charge in [-0.25, -0.2) is 9.97 Å². The van der Waals surface area contributed by atoms with Crippen LogP contribution < -0.4 is 10.9 Å². The molecule has 0 aliphatic rings. The van der Waals surface area contributed by atoms with Gasteiger partial charge in [-0.2, -0.15) is 11.8 Å². The Morgan fingerprint density at radius 1 is 1.35 bits per heavy atom. The number of halogens is 2. The van der Waals surface area contributed by atoms with Gasteiger partial charge in [0.2, 0.25) is 5.95 Å². The molecule has 0 atom stereocenters. The molecule has 2 aromatic rings. The van der Waals surface area contributed by atoms with Gasteiger partial charge in [-0.15, -0.1) is 24.8 Å². The van der Waals surface area contributed by atoms with E-state index in [-0.39, 0.29) is 30.4 Å². The van der Waals surface area contributed by atoms with Gasteiger partial charge in [0.25, 0.3) is 5.56 Å². The normalized spacial score (nSPS) is 9.45. The maximum absolute atomic E-state index is 11.0. The molecule has 20 heavy (non-hydrogen) atoms. The minimum absolute atomic E-state index is 0. The first kappa shape index (κ1) is 18.8. The second kappa shape index (κ2) is 9.68. The van der Waals surface area contributed by atoms with Gasteiger partial charge in [0.05, 0.1) is 12.0 Å². The molecular formula is C11H17Cl2N5OS. The highest BCUT2D eigenvalue weighted by Gasteiger charge is 2.00. The summed E-state index contributed by atoms with van der Waals surface area (Å²) < 4.78 is 0. The number of aryl methyl sites for hydroxylation is 1. The van der Waals surface area contributed by atoms with Gasteiger partial charge in [-0.05, 0) is 6.92 Å². The van der Waals surface area contributed by atoms with Crippen LogP contribution >= 0.6 is 36.6 Å². The van der Waals surface area contributed by atoms with E-state index in [1.165, 1.54) is 12.3 Å². The van der Waals surface area contributed by atoms with E-state index < -0.39 is 0 Å². The third-order valence-corrected chi connectivity index (χ3v) is 3.35. The van der Waals surface area contributed by atoms with Crippen LogP contribution in [0.1, 0.15) is 11.4 Å². The molecule has 0 saturated heterocycles. The van der Waals surface area contributed by atoms with E-state index in [0.29, 0.717) is 5.95 Å².